The fourth-order valence-corrected chi connectivity index (χ4v) is 2.51. The van der Waals surface area contributed by atoms with Gasteiger partial charge in [0.15, 0.2) is 23.0 Å². The van der Waals surface area contributed by atoms with Gasteiger partial charge >= 0.3 is 0 Å². The molecule has 0 amide bonds. The predicted molar refractivity (Wildman–Crippen MR) is 95.9 cm³/mol. The third kappa shape index (κ3) is 3.28. The van der Waals surface area contributed by atoms with Crippen LogP contribution in [0.1, 0.15) is 52.7 Å². The first-order chi connectivity index (χ1) is 10.8. The van der Waals surface area contributed by atoms with Crippen LogP contribution >= 0.6 is 0 Å². The molecule has 130 valence electrons. The van der Waals surface area contributed by atoms with Crippen LogP contribution in [-0.2, 0) is 10.8 Å². The Morgan fingerprint density at radius 1 is 0.542 bits per heavy atom. The second-order valence-corrected chi connectivity index (χ2v) is 8.28. The van der Waals surface area contributed by atoms with Gasteiger partial charge in [-0.2, -0.15) is 0 Å². The first kappa shape index (κ1) is 18.0. The van der Waals surface area contributed by atoms with E-state index in [2.05, 4.69) is 0 Å². The van der Waals surface area contributed by atoms with Gasteiger partial charge in [0.1, 0.15) is 0 Å². The highest BCUT2D eigenvalue weighted by Crippen LogP contribution is 2.47. The molecule has 0 fully saturated rings. The molecule has 0 heterocycles. The molecule has 4 N–H and O–H groups in total. The number of hydrogen-bond donors (Lipinski definition) is 4. The summed E-state index contributed by atoms with van der Waals surface area (Å²) in [5.74, 6) is -1.14. The minimum atomic E-state index is -0.316. The van der Waals surface area contributed by atoms with Crippen molar-refractivity contribution < 1.29 is 20.4 Å². The van der Waals surface area contributed by atoms with Crippen LogP contribution in [0.4, 0.5) is 0 Å². The zero-order chi connectivity index (χ0) is 18.4. The van der Waals surface area contributed by atoms with Crippen LogP contribution in [0, 0.1) is 0 Å². The topological polar surface area (TPSA) is 80.9 Å². The van der Waals surface area contributed by atoms with Crippen molar-refractivity contribution in [2.24, 2.45) is 0 Å². The molecule has 0 radical (unpaired) electrons. The number of aromatic hydroxyl groups is 4. The van der Waals surface area contributed by atoms with Crippen molar-refractivity contribution in [3.05, 3.63) is 35.4 Å². The van der Waals surface area contributed by atoms with Crippen molar-refractivity contribution in [1.29, 1.82) is 0 Å². The van der Waals surface area contributed by atoms with E-state index in [4.69, 9.17) is 0 Å². The second kappa shape index (κ2) is 5.62. The molecule has 0 spiro atoms. The molecule has 0 aliphatic carbocycles. The quantitative estimate of drug-likeness (QED) is 0.568. The molecule has 2 rings (SSSR count). The van der Waals surface area contributed by atoms with Crippen LogP contribution in [0.2, 0.25) is 0 Å². The van der Waals surface area contributed by atoms with E-state index in [1.54, 1.807) is 12.1 Å². The van der Waals surface area contributed by atoms with Crippen molar-refractivity contribution >= 4 is 0 Å². The van der Waals surface area contributed by atoms with E-state index in [0.717, 1.165) is 11.1 Å². The molecule has 2 aromatic carbocycles. The summed E-state index contributed by atoms with van der Waals surface area (Å²) in [7, 11) is 0. The number of phenols is 4. The van der Waals surface area contributed by atoms with Gasteiger partial charge in [-0.25, -0.2) is 0 Å². The summed E-state index contributed by atoms with van der Waals surface area (Å²) < 4.78 is 0. The van der Waals surface area contributed by atoms with E-state index in [9.17, 15) is 20.4 Å². The normalized spacial score (nSPS) is 12.4. The lowest BCUT2D eigenvalue weighted by atomic mass is 9.82. The van der Waals surface area contributed by atoms with Crippen LogP contribution in [0.5, 0.6) is 23.0 Å². The number of rotatable bonds is 1. The average molecular weight is 330 g/mol. The van der Waals surface area contributed by atoms with Crippen molar-refractivity contribution in [2.45, 2.75) is 52.4 Å². The van der Waals surface area contributed by atoms with E-state index in [0.29, 0.717) is 11.1 Å². The molecular weight excluding hydrogens is 304 g/mol. The van der Waals surface area contributed by atoms with E-state index in [1.165, 1.54) is 12.1 Å². The summed E-state index contributed by atoms with van der Waals surface area (Å²) in [6.45, 7) is 11.9. The van der Waals surface area contributed by atoms with Gasteiger partial charge in [0.25, 0.3) is 0 Å². The standard InChI is InChI=1S/C20H26O4/c1-19(2,3)11-7-13(17(23)15(21)9-11)14-8-12(20(4,5)6)10-16(22)18(14)24/h7-10,21-24H,1-6H3. The maximum Gasteiger partial charge on any atom is 0.165 e. The largest absolute Gasteiger partial charge is 0.504 e. The fourth-order valence-electron chi connectivity index (χ4n) is 2.51. The minimum Gasteiger partial charge on any atom is -0.504 e. The third-order valence-corrected chi connectivity index (χ3v) is 4.20. The van der Waals surface area contributed by atoms with Gasteiger partial charge in [-0.3, -0.25) is 0 Å². The van der Waals surface area contributed by atoms with Gasteiger partial charge in [-0.1, -0.05) is 41.5 Å². The third-order valence-electron chi connectivity index (χ3n) is 4.20. The first-order valence-corrected chi connectivity index (χ1v) is 7.95. The minimum absolute atomic E-state index is 0.251. The fraction of sp³-hybridized carbons (Fsp3) is 0.400. The lowest BCUT2D eigenvalue weighted by molar-refractivity contribution is 0.397. The Hall–Kier alpha value is -2.36. The highest BCUT2D eigenvalue weighted by atomic mass is 16.3. The number of phenolic OH excluding ortho intramolecular Hbond substituents is 4. The maximum atomic E-state index is 10.3. The highest BCUT2D eigenvalue weighted by molar-refractivity contribution is 5.81. The summed E-state index contributed by atoms with van der Waals surface area (Å²) in [4.78, 5) is 0. The Morgan fingerprint density at radius 3 is 1.08 bits per heavy atom. The van der Waals surface area contributed by atoms with E-state index in [1.807, 2.05) is 41.5 Å². The van der Waals surface area contributed by atoms with Gasteiger partial charge in [0.2, 0.25) is 0 Å². The lowest BCUT2D eigenvalue weighted by Gasteiger charge is -2.23. The molecule has 24 heavy (non-hydrogen) atoms. The molecule has 2 aromatic rings. The maximum absolute atomic E-state index is 10.3. The molecule has 0 aromatic heterocycles. The SMILES string of the molecule is CC(C)(C)c1cc(O)c(O)c(-c2cc(C(C)(C)C)cc(O)c2O)c1. The predicted octanol–water partition coefficient (Wildman–Crippen LogP) is 4.77. The van der Waals surface area contributed by atoms with Crippen molar-refractivity contribution in [1.82, 2.24) is 0 Å². The molecular formula is C20H26O4. The Bertz CT molecular complexity index is 710. The summed E-state index contributed by atoms with van der Waals surface area (Å²) in [6.07, 6.45) is 0. The smallest absolute Gasteiger partial charge is 0.165 e. The van der Waals surface area contributed by atoms with Gasteiger partial charge in [0, 0.05) is 11.1 Å². The molecule has 4 nitrogen and oxygen atoms in total. The summed E-state index contributed by atoms with van der Waals surface area (Å²) in [6, 6.07) is 6.50. The van der Waals surface area contributed by atoms with Gasteiger partial charge < -0.3 is 20.4 Å². The Balaban J connectivity index is 2.81. The van der Waals surface area contributed by atoms with Gasteiger partial charge in [-0.15, -0.1) is 0 Å². The van der Waals surface area contributed by atoms with Crippen molar-refractivity contribution in [3.63, 3.8) is 0 Å². The van der Waals surface area contributed by atoms with Gasteiger partial charge in [-0.05, 0) is 46.2 Å². The van der Waals surface area contributed by atoms with E-state index < -0.39 is 0 Å². The molecule has 0 aliphatic rings. The van der Waals surface area contributed by atoms with Crippen LogP contribution in [0.3, 0.4) is 0 Å². The summed E-state index contributed by atoms with van der Waals surface area (Å²) >= 11 is 0. The number of hydrogen-bond acceptors (Lipinski definition) is 4. The molecule has 0 unspecified atom stereocenters. The second-order valence-electron chi connectivity index (χ2n) is 8.28. The Labute approximate surface area is 143 Å². The van der Waals surface area contributed by atoms with Crippen molar-refractivity contribution in [3.8, 4) is 34.1 Å². The van der Waals surface area contributed by atoms with E-state index in [-0.39, 0.29) is 33.8 Å². The molecule has 0 bridgehead atoms. The molecule has 0 saturated carbocycles. The molecule has 0 aliphatic heterocycles. The summed E-state index contributed by atoms with van der Waals surface area (Å²) in [5, 5.41) is 40.8. The monoisotopic (exact) mass is 330 g/mol. The van der Waals surface area contributed by atoms with E-state index >= 15 is 0 Å². The van der Waals surface area contributed by atoms with Crippen molar-refractivity contribution in [2.75, 3.05) is 0 Å². The summed E-state index contributed by atoms with van der Waals surface area (Å²) in [5.41, 5.74) is 1.71. The molecule has 0 atom stereocenters. The van der Waals surface area contributed by atoms with Crippen LogP contribution < -0.4 is 0 Å². The zero-order valence-corrected chi connectivity index (χ0v) is 15.1. The average Bonchev–Trinajstić information content (AvgIpc) is 2.42. The van der Waals surface area contributed by atoms with Crippen LogP contribution in [0.15, 0.2) is 24.3 Å². The Morgan fingerprint density at radius 2 is 0.833 bits per heavy atom. The highest BCUT2D eigenvalue weighted by Gasteiger charge is 2.24. The molecule has 4 heteroatoms. The number of benzene rings is 2. The zero-order valence-electron chi connectivity index (χ0n) is 15.1. The first-order valence-electron chi connectivity index (χ1n) is 7.95. The molecule has 0 saturated heterocycles. The Kier molecular flexibility index (Phi) is 4.21. The lowest BCUT2D eigenvalue weighted by Crippen LogP contribution is -2.12. The van der Waals surface area contributed by atoms with Crippen LogP contribution in [0.25, 0.3) is 11.1 Å². The van der Waals surface area contributed by atoms with Crippen LogP contribution in [-0.4, -0.2) is 20.4 Å². The van der Waals surface area contributed by atoms with Gasteiger partial charge in [0.05, 0.1) is 0 Å².